The maximum atomic E-state index is 12.1. The lowest BCUT2D eigenvalue weighted by atomic mass is 10.0. The highest BCUT2D eigenvalue weighted by molar-refractivity contribution is 7.89. The molecule has 1 aromatic carbocycles. The summed E-state index contributed by atoms with van der Waals surface area (Å²) in [6.07, 6.45) is 1.76. The topological polar surface area (TPSA) is 109 Å². The van der Waals surface area contributed by atoms with Gasteiger partial charge in [0, 0.05) is 6.54 Å². The lowest BCUT2D eigenvalue weighted by Crippen LogP contribution is -2.32. The predicted molar refractivity (Wildman–Crippen MR) is 80.6 cm³/mol. The highest BCUT2D eigenvalue weighted by Gasteiger charge is 2.18. The van der Waals surface area contributed by atoms with Crippen LogP contribution in [0.1, 0.15) is 30.9 Å². The molecule has 0 saturated heterocycles. The van der Waals surface area contributed by atoms with Gasteiger partial charge in [0.1, 0.15) is 6.04 Å². The van der Waals surface area contributed by atoms with Crippen LogP contribution < -0.4 is 10.5 Å². The number of unbranched alkanes of at least 4 members (excludes halogenated alkanes) is 1. The largest absolute Gasteiger partial charge is 0.480 e. The Kier molecular flexibility index (Phi) is 6.32. The van der Waals surface area contributed by atoms with E-state index in [1.54, 1.807) is 13.0 Å². The Balaban J connectivity index is 2.97. The fourth-order valence-electron chi connectivity index (χ4n) is 1.83. The molecule has 1 aromatic rings. The molecule has 6 nitrogen and oxygen atoms in total. The molecule has 1 atom stereocenters. The van der Waals surface area contributed by atoms with E-state index in [0.29, 0.717) is 12.1 Å². The standard InChI is InChI=1S/C14H22N2O4S/c1-3-4-7-16-21(19,20)12-6-5-10(2)11(8-12)9-13(15)14(17)18/h5-6,8,13,16H,3-4,7,9,15H2,1-2H3,(H,17,18)/t13-/m0/s1. The molecular weight excluding hydrogens is 292 g/mol. The van der Waals surface area contributed by atoms with Crippen LogP contribution in [-0.4, -0.2) is 32.1 Å². The monoisotopic (exact) mass is 314 g/mol. The van der Waals surface area contributed by atoms with Crippen molar-refractivity contribution in [2.75, 3.05) is 6.54 Å². The first kappa shape index (κ1) is 17.6. The van der Waals surface area contributed by atoms with E-state index < -0.39 is 22.0 Å². The predicted octanol–water partition coefficient (Wildman–Crippen LogP) is 1.03. The third kappa shape index (κ3) is 5.11. The van der Waals surface area contributed by atoms with Crippen molar-refractivity contribution >= 4 is 16.0 Å². The van der Waals surface area contributed by atoms with Crippen molar-refractivity contribution in [2.24, 2.45) is 5.73 Å². The number of sulfonamides is 1. The molecule has 0 unspecified atom stereocenters. The van der Waals surface area contributed by atoms with Crippen LogP contribution in [0.15, 0.2) is 23.1 Å². The number of rotatable bonds is 8. The maximum absolute atomic E-state index is 12.1. The summed E-state index contributed by atoms with van der Waals surface area (Å²) in [6, 6.07) is 3.62. The minimum absolute atomic E-state index is 0.0967. The number of hydrogen-bond donors (Lipinski definition) is 3. The van der Waals surface area contributed by atoms with Gasteiger partial charge in [-0.3, -0.25) is 4.79 Å². The van der Waals surface area contributed by atoms with Crippen molar-refractivity contribution in [3.63, 3.8) is 0 Å². The van der Waals surface area contributed by atoms with Gasteiger partial charge in [-0.25, -0.2) is 13.1 Å². The van der Waals surface area contributed by atoms with Crippen molar-refractivity contribution < 1.29 is 18.3 Å². The molecule has 0 amide bonds. The zero-order valence-electron chi connectivity index (χ0n) is 12.3. The summed E-state index contributed by atoms with van der Waals surface area (Å²) in [5.74, 6) is -1.11. The van der Waals surface area contributed by atoms with Gasteiger partial charge in [0.15, 0.2) is 0 Å². The molecule has 0 aliphatic carbocycles. The number of carboxylic acids is 1. The highest BCUT2D eigenvalue weighted by Crippen LogP contribution is 2.17. The summed E-state index contributed by atoms with van der Waals surface area (Å²) in [5, 5.41) is 8.85. The van der Waals surface area contributed by atoms with Gasteiger partial charge >= 0.3 is 5.97 Å². The van der Waals surface area contributed by atoms with E-state index in [2.05, 4.69) is 4.72 Å². The van der Waals surface area contributed by atoms with Gasteiger partial charge in [0.25, 0.3) is 0 Å². The molecule has 0 saturated carbocycles. The number of aliphatic carboxylic acids is 1. The van der Waals surface area contributed by atoms with Gasteiger partial charge in [-0.1, -0.05) is 19.4 Å². The Morgan fingerprint density at radius 3 is 2.67 bits per heavy atom. The van der Waals surface area contributed by atoms with E-state index in [0.717, 1.165) is 18.4 Å². The van der Waals surface area contributed by atoms with Crippen molar-refractivity contribution in [2.45, 2.75) is 44.0 Å². The zero-order valence-corrected chi connectivity index (χ0v) is 13.1. The lowest BCUT2D eigenvalue weighted by molar-refractivity contribution is -0.138. The van der Waals surface area contributed by atoms with Crippen LogP contribution in [0.2, 0.25) is 0 Å². The van der Waals surface area contributed by atoms with Gasteiger partial charge < -0.3 is 10.8 Å². The summed E-state index contributed by atoms with van der Waals surface area (Å²) in [4.78, 5) is 11.0. The molecule has 21 heavy (non-hydrogen) atoms. The van der Waals surface area contributed by atoms with E-state index in [9.17, 15) is 13.2 Å². The van der Waals surface area contributed by atoms with E-state index in [1.807, 2.05) is 6.92 Å². The van der Waals surface area contributed by atoms with Crippen LogP contribution in [0.5, 0.6) is 0 Å². The molecule has 0 radical (unpaired) electrons. The van der Waals surface area contributed by atoms with Crippen molar-refractivity contribution in [3.05, 3.63) is 29.3 Å². The molecule has 4 N–H and O–H groups in total. The Morgan fingerprint density at radius 2 is 2.10 bits per heavy atom. The second-order valence-corrected chi connectivity index (χ2v) is 6.76. The van der Waals surface area contributed by atoms with Crippen LogP contribution in [0.25, 0.3) is 0 Å². The minimum atomic E-state index is -3.57. The van der Waals surface area contributed by atoms with Crippen LogP contribution >= 0.6 is 0 Å². The van der Waals surface area contributed by atoms with Crippen LogP contribution in [-0.2, 0) is 21.2 Å². The average Bonchev–Trinajstić information content (AvgIpc) is 2.41. The second kappa shape index (κ2) is 7.53. The number of nitrogens with one attached hydrogen (secondary N) is 1. The first-order valence-corrected chi connectivity index (χ1v) is 8.33. The van der Waals surface area contributed by atoms with E-state index in [-0.39, 0.29) is 11.3 Å². The van der Waals surface area contributed by atoms with Crippen molar-refractivity contribution in [3.8, 4) is 0 Å². The summed E-state index contributed by atoms with van der Waals surface area (Å²) < 4.78 is 26.8. The summed E-state index contributed by atoms with van der Waals surface area (Å²) in [6.45, 7) is 4.16. The molecule has 0 aliphatic rings. The summed E-state index contributed by atoms with van der Waals surface area (Å²) in [7, 11) is -3.57. The third-order valence-corrected chi connectivity index (χ3v) is 4.67. The number of carbonyl (C=O) groups is 1. The lowest BCUT2D eigenvalue weighted by Gasteiger charge is -2.12. The number of aryl methyl sites for hydroxylation is 1. The molecule has 0 heterocycles. The van der Waals surface area contributed by atoms with E-state index in [4.69, 9.17) is 10.8 Å². The van der Waals surface area contributed by atoms with Gasteiger partial charge in [0.2, 0.25) is 10.0 Å². The number of hydrogen-bond acceptors (Lipinski definition) is 4. The quantitative estimate of drug-likeness (QED) is 0.621. The van der Waals surface area contributed by atoms with Gasteiger partial charge in [-0.05, 0) is 43.0 Å². The molecule has 0 fully saturated rings. The third-order valence-electron chi connectivity index (χ3n) is 3.21. The van der Waals surface area contributed by atoms with Gasteiger partial charge in [-0.2, -0.15) is 0 Å². The SMILES string of the molecule is CCCCNS(=O)(=O)c1ccc(C)c(C[C@H](N)C(=O)O)c1. The number of carboxylic acid groups (broad SMARTS) is 1. The van der Waals surface area contributed by atoms with Crippen LogP contribution in [0, 0.1) is 6.92 Å². The Hall–Kier alpha value is -1.44. The van der Waals surface area contributed by atoms with E-state index >= 15 is 0 Å². The van der Waals surface area contributed by atoms with Crippen molar-refractivity contribution in [1.29, 1.82) is 0 Å². The Morgan fingerprint density at radius 1 is 1.43 bits per heavy atom. The molecular formula is C14H22N2O4S. The van der Waals surface area contributed by atoms with Gasteiger partial charge in [-0.15, -0.1) is 0 Å². The zero-order chi connectivity index (χ0) is 16.0. The molecule has 118 valence electrons. The maximum Gasteiger partial charge on any atom is 0.320 e. The Labute approximate surface area is 125 Å². The number of benzene rings is 1. The molecule has 1 rings (SSSR count). The molecule has 0 aliphatic heterocycles. The first-order valence-electron chi connectivity index (χ1n) is 6.85. The Bertz CT molecular complexity index is 599. The van der Waals surface area contributed by atoms with Crippen LogP contribution in [0.4, 0.5) is 0 Å². The van der Waals surface area contributed by atoms with E-state index in [1.165, 1.54) is 12.1 Å². The highest BCUT2D eigenvalue weighted by atomic mass is 32.2. The first-order chi connectivity index (χ1) is 9.77. The number of nitrogens with two attached hydrogens (primary N) is 1. The van der Waals surface area contributed by atoms with Crippen molar-refractivity contribution in [1.82, 2.24) is 4.72 Å². The fraction of sp³-hybridized carbons (Fsp3) is 0.500. The normalized spacial score (nSPS) is 13.1. The average molecular weight is 314 g/mol. The second-order valence-electron chi connectivity index (χ2n) is 4.99. The molecule has 0 aromatic heterocycles. The van der Waals surface area contributed by atoms with Gasteiger partial charge in [0.05, 0.1) is 4.90 Å². The smallest absolute Gasteiger partial charge is 0.320 e. The summed E-state index contributed by atoms with van der Waals surface area (Å²) in [5.41, 5.74) is 6.96. The fourth-order valence-corrected chi connectivity index (χ4v) is 2.95. The van der Waals surface area contributed by atoms with Crippen LogP contribution in [0.3, 0.4) is 0 Å². The molecule has 7 heteroatoms. The minimum Gasteiger partial charge on any atom is -0.480 e. The molecule has 0 spiro atoms. The molecule has 0 bridgehead atoms. The summed E-state index contributed by atoms with van der Waals surface area (Å²) >= 11 is 0.